The van der Waals surface area contributed by atoms with Gasteiger partial charge in [-0.25, -0.2) is 5.21 Å². The summed E-state index contributed by atoms with van der Waals surface area (Å²) < 4.78 is 6.95. The number of hydrogen-bond acceptors (Lipinski definition) is 5. The van der Waals surface area contributed by atoms with Crippen molar-refractivity contribution in [2.75, 3.05) is 12.4 Å². The number of methoxy groups -OCH3 is 1. The molecule has 1 aromatic heterocycles. The van der Waals surface area contributed by atoms with Gasteiger partial charge in [-0.05, 0) is 18.1 Å². The third kappa shape index (κ3) is 4.70. The van der Waals surface area contributed by atoms with Crippen LogP contribution in [0.1, 0.15) is 11.1 Å². The number of rotatable bonds is 6. The minimum absolute atomic E-state index is 0. The average molecular weight is 371 g/mol. The average Bonchev–Trinajstić information content (AvgIpc) is 2.66. The van der Waals surface area contributed by atoms with Gasteiger partial charge >= 0.3 is 5.56 Å². The Morgan fingerprint density at radius 3 is 2.63 bits per heavy atom. The maximum absolute atomic E-state index is 12.1. The van der Waals surface area contributed by atoms with Crippen LogP contribution in [0.3, 0.4) is 0 Å². The summed E-state index contributed by atoms with van der Waals surface area (Å²) in [7, 11) is 1.45. The number of ether oxygens (including phenoxy) is 1. The monoisotopic (exact) mass is 371 g/mol. The highest BCUT2D eigenvalue weighted by Crippen LogP contribution is 2.22. The van der Waals surface area contributed by atoms with E-state index in [9.17, 15) is 10.0 Å². The minimum atomic E-state index is -0.443. The Morgan fingerprint density at radius 2 is 1.96 bits per heavy atom. The van der Waals surface area contributed by atoms with Gasteiger partial charge in [-0.2, -0.15) is 10.5 Å². The lowest BCUT2D eigenvalue weighted by Crippen LogP contribution is -2.73. The van der Waals surface area contributed by atoms with Crippen molar-refractivity contribution in [1.29, 1.82) is 0 Å². The van der Waals surface area contributed by atoms with E-state index < -0.39 is 5.56 Å². The number of quaternary nitrogens is 1. The maximum atomic E-state index is 12.1. The Labute approximate surface area is 156 Å². The summed E-state index contributed by atoms with van der Waals surface area (Å²) in [6, 6.07) is 15.3. The number of nitrogens with two attached hydrogens (primary N) is 1. The summed E-state index contributed by atoms with van der Waals surface area (Å²) >= 11 is 0. The minimum Gasteiger partial charge on any atom is -0.490 e. The third-order valence-corrected chi connectivity index (χ3v) is 4.04. The molecule has 3 aromatic rings. The molecule has 2 aromatic carbocycles. The molecular formula is C19H23N4O4+. The van der Waals surface area contributed by atoms with Gasteiger partial charge in [0.25, 0.3) is 0 Å². The molecule has 6 N–H and O–H groups in total. The van der Waals surface area contributed by atoms with Gasteiger partial charge in [-0.3, -0.25) is 4.79 Å². The van der Waals surface area contributed by atoms with Crippen LogP contribution >= 0.6 is 0 Å². The van der Waals surface area contributed by atoms with Crippen molar-refractivity contribution < 1.29 is 20.9 Å². The zero-order valence-electron chi connectivity index (χ0n) is 15.1. The van der Waals surface area contributed by atoms with Gasteiger partial charge in [0.15, 0.2) is 5.69 Å². The van der Waals surface area contributed by atoms with Crippen LogP contribution in [0.5, 0.6) is 5.75 Å². The van der Waals surface area contributed by atoms with Gasteiger partial charge in [0, 0.05) is 17.8 Å². The van der Waals surface area contributed by atoms with Crippen molar-refractivity contribution in [2.24, 2.45) is 0 Å². The fourth-order valence-electron chi connectivity index (χ4n) is 2.59. The molecule has 0 radical (unpaired) electrons. The molecule has 1 heterocycles. The van der Waals surface area contributed by atoms with Crippen LogP contribution in [0, 0.1) is 6.92 Å². The summed E-state index contributed by atoms with van der Waals surface area (Å²) in [6.07, 6.45) is 1.64. The standard InChI is InChI=1S/C19H20N4O3.H2O/c1-13-8-9-15(22-25)10-16(13)20-19-21-18(24)17(26-2)12-23(19)11-14-6-4-3-5-7-14;/h3-10,12,22,25H,11H2,1-2H3,(H,20,21,24);1H2/p+1. The molecule has 0 aliphatic carbocycles. The third-order valence-electron chi connectivity index (χ3n) is 4.04. The second kappa shape index (κ2) is 8.95. The predicted octanol–water partition coefficient (Wildman–Crippen LogP) is 1.11. The van der Waals surface area contributed by atoms with Gasteiger partial charge in [0.05, 0.1) is 19.9 Å². The Kier molecular flexibility index (Phi) is 6.67. The highest BCUT2D eigenvalue weighted by atomic mass is 16.5. The highest BCUT2D eigenvalue weighted by molar-refractivity contribution is 5.62. The topological polar surface area (TPSA) is 124 Å². The molecule has 0 saturated heterocycles. The summed E-state index contributed by atoms with van der Waals surface area (Å²) in [4.78, 5) is 16.3. The second-order valence-electron chi connectivity index (χ2n) is 5.88. The Balaban J connectivity index is 0.00000261. The molecule has 0 aliphatic rings. The summed E-state index contributed by atoms with van der Waals surface area (Å²) in [5.41, 5.74) is 4.03. The smallest absolute Gasteiger partial charge is 0.316 e. The van der Waals surface area contributed by atoms with Gasteiger partial charge < -0.3 is 20.1 Å². The lowest BCUT2D eigenvalue weighted by Gasteiger charge is -2.16. The summed E-state index contributed by atoms with van der Waals surface area (Å²) in [5, 5.41) is 12.4. The number of benzene rings is 2. The summed E-state index contributed by atoms with van der Waals surface area (Å²) in [6.45, 7) is 2.46. The van der Waals surface area contributed by atoms with Crippen LogP contribution in [0.25, 0.3) is 0 Å². The molecule has 0 fully saturated rings. The van der Waals surface area contributed by atoms with Gasteiger partial charge in [0.2, 0.25) is 11.7 Å². The first-order valence-electron chi connectivity index (χ1n) is 8.15. The zero-order valence-corrected chi connectivity index (χ0v) is 15.1. The molecule has 0 saturated carbocycles. The van der Waals surface area contributed by atoms with E-state index in [1.807, 2.05) is 47.9 Å². The lowest BCUT2D eigenvalue weighted by molar-refractivity contribution is -0.825. The molecule has 8 nitrogen and oxygen atoms in total. The zero-order chi connectivity index (χ0) is 18.5. The fourth-order valence-corrected chi connectivity index (χ4v) is 2.59. The summed E-state index contributed by atoms with van der Waals surface area (Å²) in [5.74, 6) is 0.582. The van der Waals surface area contributed by atoms with Crippen molar-refractivity contribution >= 4 is 17.3 Å². The molecule has 0 amide bonds. The molecule has 0 unspecified atom stereocenters. The quantitative estimate of drug-likeness (QED) is 0.442. The van der Waals surface area contributed by atoms with Crippen LogP contribution in [-0.4, -0.2) is 27.3 Å². The van der Waals surface area contributed by atoms with Crippen LogP contribution in [0.2, 0.25) is 0 Å². The Morgan fingerprint density at radius 1 is 1.22 bits per heavy atom. The van der Waals surface area contributed by atoms with Crippen molar-refractivity contribution in [3.8, 4) is 5.75 Å². The van der Waals surface area contributed by atoms with E-state index in [0.29, 0.717) is 18.2 Å². The van der Waals surface area contributed by atoms with Crippen LogP contribution in [0.15, 0.2) is 59.5 Å². The fraction of sp³-hybridized carbons (Fsp3) is 0.158. The Hall–Kier alpha value is -3.20. The molecule has 0 aliphatic heterocycles. The van der Waals surface area contributed by atoms with Gasteiger partial charge in [-0.1, -0.05) is 36.4 Å². The molecule has 8 heteroatoms. The van der Waals surface area contributed by atoms with Crippen molar-refractivity contribution in [1.82, 2.24) is 9.55 Å². The first-order valence-corrected chi connectivity index (χ1v) is 8.15. The van der Waals surface area contributed by atoms with E-state index in [4.69, 9.17) is 4.74 Å². The number of aryl methyl sites for hydroxylation is 1. The lowest BCUT2D eigenvalue weighted by atomic mass is 10.2. The van der Waals surface area contributed by atoms with Gasteiger partial charge in [-0.15, -0.1) is 0 Å². The van der Waals surface area contributed by atoms with E-state index in [1.165, 1.54) is 7.11 Å². The van der Waals surface area contributed by atoms with E-state index in [0.717, 1.165) is 22.3 Å². The number of hydrogen-bond donors (Lipinski definition) is 3. The van der Waals surface area contributed by atoms with Gasteiger partial charge in [0.1, 0.15) is 0 Å². The maximum Gasteiger partial charge on any atom is 0.316 e. The van der Waals surface area contributed by atoms with Crippen molar-refractivity contribution in [2.45, 2.75) is 13.5 Å². The SMILES string of the molecule is COc1cn(Cc2ccccc2)c(Nc2cc([NH2+]O)ccc2C)nc1=O.O. The van der Waals surface area contributed by atoms with E-state index in [2.05, 4.69) is 10.3 Å². The molecule has 0 bridgehead atoms. The molecule has 0 spiro atoms. The molecule has 3 rings (SSSR count). The normalized spacial score (nSPS) is 10.2. The molecule has 142 valence electrons. The number of nitrogens with one attached hydrogen (secondary N) is 1. The van der Waals surface area contributed by atoms with Crippen LogP contribution in [0.4, 0.5) is 17.3 Å². The van der Waals surface area contributed by atoms with Crippen molar-refractivity contribution in [3.63, 3.8) is 0 Å². The number of nitrogens with zero attached hydrogens (tertiary/aromatic N) is 2. The molecule has 0 atom stereocenters. The van der Waals surface area contributed by atoms with E-state index >= 15 is 0 Å². The van der Waals surface area contributed by atoms with E-state index in [1.54, 1.807) is 18.3 Å². The Bertz CT molecular complexity index is 958. The largest absolute Gasteiger partial charge is 0.490 e. The number of aromatic nitrogens is 2. The van der Waals surface area contributed by atoms with E-state index in [-0.39, 0.29) is 11.2 Å². The number of anilines is 2. The van der Waals surface area contributed by atoms with Crippen LogP contribution < -0.4 is 21.1 Å². The van der Waals surface area contributed by atoms with Crippen LogP contribution in [-0.2, 0) is 6.54 Å². The predicted molar refractivity (Wildman–Crippen MR) is 102 cm³/mol. The first-order chi connectivity index (χ1) is 12.6. The first kappa shape index (κ1) is 20.1. The highest BCUT2D eigenvalue weighted by Gasteiger charge is 2.12. The van der Waals surface area contributed by atoms with Crippen molar-refractivity contribution in [3.05, 3.63) is 76.2 Å². The molecular weight excluding hydrogens is 348 g/mol. The second-order valence-corrected chi connectivity index (χ2v) is 5.88. The molecule has 27 heavy (non-hydrogen) atoms.